The van der Waals surface area contributed by atoms with Gasteiger partial charge in [-0.15, -0.1) is 0 Å². The average Bonchev–Trinajstić information content (AvgIpc) is 2.93. The molecule has 0 bridgehead atoms. The molecular formula is C18H27BrN2O. The molecule has 2 aliphatic heterocycles. The first-order valence-corrected chi connectivity index (χ1v) is 10.0. The van der Waals surface area contributed by atoms with E-state index in [0.29, 0.717) is 11.9 Å². The smallest absolute Gasteiger partial charge is 0.226 e. The first kappa shape index (κ1) is 15.2. The molecule has 4 aliphatic rings. The minimum absolute atomic E-state index is 0.216. The minimum atomic E-state index is 0.216. The molecule has 4 fully saturated rings. The molecule has 0 aromatic rings. The fourth-order valence-corrected chi connectivity index (χ4v) is 5.58. The summed E-state index contributed by atoms with van der Waals surface area (Å²) in [5.74, 6) is 1.31. The molecule has 122 valence electrons. The van der Waals surface area contributed by atoms with Crippen LogP contribution in [-0.2, 0) is 4.79 Å². The van der Waals surface area contributed by atoms with Crippen molar-refractivity contribution >= 4 is 21.8 Å². The molecule has 1 amide bonds. The quantitative estimate of drug-likeness (QED) is 0.568. The normalized spacial score (nSPS) is 44.5. The number of alkyl halides is 1. The van der Waals surface area contributed by atoms with E-state index in [1.54, 1.807) is 0 Å². The van der Waals surface area contributed by atoms with Crippen molar-refractivity contribution in [3.05, 3.63) is 11.6 Å². The maximum atomic E-state index is 12.5. The summed E-state index contributed by atoms with van der Waals surface area (Å²) in [4.78, 5) is 15.8. The van der Waals surface area contributed by atoms with E-state index in [-0.39, 0.29) is 12.1 Å². The third-order valence-corrected chi connectivity index (χ3v) is 7.18. The van der Waals surface area contributed by atoms with E-state index in [4.69, 9.17) is 0 Å². The van der Waals surface area contributed by atoms with Crippen molar-refractivity contribution in [2.45, 2.75) is 74.8 Å². The summed E-state index contributed by atoms with van der Waals surface area (Å²) in [6.07, 6.45) is 13.9. The van der Waals surface area contributed by atoms with Crippen molar-refractivity contribution in [3.63, 3.8) is 0 Å². The summed E-state index contributed by atoms with van der Waals surface area (Å²) in [5, 5.41) is 3.34. The van der Waals surface area contributed by atoms with E-state index in [1.807, 2.05) is 0 Å². The van der Waals surface area contributed by atoms with Gasteiger partial charge in [-0.1, -0.05) is 34.8 Å². The summed E-state index contributed by atoms with van der Waals surface area (Å²) < 4.78 is 0. The number of hydrogen-bond donors (Lipinski definition) is 1. The van der Waals surface area contributed by atoms with Crippen LogP contribution in [0.25, 0.3) is 0 Å². The summed E-state index contributed by atoms with van der Waals surface area (Å²) in [6, 6.07) is 0.511. The van der Waals surface area contributed by atoms with Crippen molar-refractivity contribution < 1.29 is 4.79 Å². The monoisotopic (exact) mass is 366 g/mol. The third kappa shape index (κ3) is 2.77. The number of carbonyl (C=O) groups is 1. The van der Waals surface area contributed by atoms with Gasteiger partial charge in [0.2, 0.25) is 5.91 Å². The van der Waals surface area contributed by atoms with Gasteiger partial charge in [0.25, 0.3) is 0 Å². The Kier molecular flexibility index (Phi) is 4.33. The molecule has 4 heteroatoms. The number of nitrogens with zero attached hydrogens (tertiary/aromatic N) is 1. The van der Waals surface area contributed by atoms with E-state index < -0.39 is 0 Å². The zero-order valence-electron chi connectivity index (χ0n) is 13.3. The summed E-state index contributed by atoms with van der Waals surface area (Å²) in [6.45, 7) is 1.14. The van der Waals surface area contributed by atoms with E-state index in [2.05, 4.69) is 32.2 Å². The van der Waals surface area contributed by atoms with E-state index in [1.165, 1.54) is 50.5 Å². The van der Waals surface area contributed by atoms with Gasteiger partial charge >= 0.3 is 0 Å². The van der Waals surface area contributed by atoms with Gasteiger partial charge in [-0.25, -0.2) is 0 Å². The number of nitrogens with one attached hydrogen (secondary N) is 1. The van der Waals surface area contributed by atoms with Crippen LogP contribution in [0, 0.1) is 11.8 Å². The second kappa shape index (κ2) is 6.27. The zero-order valence-corrected chi connectivity index (χ0v) is 14.9. The van der Waals surface area contributed by atoms with Crippen LogP contribution in [0.15, 0.2) is 11.6 Å². The molecule has 2 saturated carbocycles. The Morgan fingerprint density at radius 2 is 1.86 bits per heavy atom. The summed E-state index contributed by atoms with van der Waals surface area (Å²) in [5.41, 5.74) is 1.50. The standard InChI is InChI=1S/C18H27BrN2O/c19-14-7-5-12(6-8-14)11-13-9-10-21-16-4-2-1-3-15(16)18(22)20-17(13)21/h11-12,14-17H,1-10H2,(H,20,22)/b13-11+. The van der Waals surface area contributed by atoms with Gasteiger partial charge in [-0.05, 0) is 56.4 Å². The van der Waals surface area contributed by atoms with Gasteiger partial charge in [0.05, 0.1) is 5.92 Å². The van der Waals surface area contributed by atoms with Crippen LogP contribution in [0.5, 0.6) is 0 Å². The van der Waals surface area contributed by atoms with Gasteiger partial charge in [0.1, 0.15) is 6.17 Å². The first-order chi connectivity index (χ1) is 10.7. The topological polar surface area (TPSA) is 32.3 Å². The lowest BCUT2D eigenvalue weighted by molar-refractivity contribution is -0.135. The first-order valence-electron chi connectivity index (χ1n) is 9.13. The van der Waals surface area contributed by atoms with Crippen LogP contribution >= 0.6 is 15.9 Å². The van der Waals surface area contributed by atoms with E-state index >= 15 is 0 Å². The minimum Gasteiger partial charge on any atom is -0.336 e. The number of rotatable bonds is 1. The number of carbonyl (C=O) groups excluding carboxylic acids is 1. The molecule has 0 radical (unpaired) electrons. The summed E-state index contributed by atoms with van der Waals surface area (Å²) >= 11 is 3.74. The highest BCUT2D eigenvalue weighted by Crippen LogP contribution is 2.39. The molecular weight excluding hydrogens is 340 g/mol. The molecule has 1 N–H and O–H groups in total. The van der Waals surface area contributed by atoms with Gasteiger partial charge in [0, 0.05) is 17.4 Å². The van der Waals surface area contributed by atoms with Gasteiger partial charge in [-0.2, -0.15) is 0 Å². The van der Waals surface area contributed by atoms with Crippen molar-refractivity contribution in [2.75, 3.05) is 6.54 Å². The molecule has 2 saturated heterocycles. The largest absolute Gasteiger partial charge is 0.336 e. The molecule has 3 atom stereocenters. The number of fused-ring (bicyclic) bond motifs is 3. The highest BCUT2D eigenvalue weighted by Gasteiger charge is 2.46. The molecule has 2 aliphatic carbocycles. The lowest BCUT2D eigenvalue weighted by atomic mass is 9.81. The van der Waals surface area contributed by atoms with Crippen LogP contribution in [0.3, 0.4) is 0 Å². The van der Waals surface area contributed by atoms with E-state index in [0.717, 1.165) is 30.1 Å². The Balaban J connectivity index is 1.49. The molecule has 22 heavy (non-hydrogen) atoms. The molecule has 0 spiro atoms. The lowest BCUT2D eigenvalue weighted by Gasteiger charge is -2.45. The van der Waals surface area contributed by atoms with Crippen LogP contribution < -0.4 is 5.32 Å². The Morgan fingerprint density at radius 3 is 2.68 bits per heavy atom. The SMILES string of the molecule is O=C1NC2/C(=C/C3CCC(Br)CC3)CCN2C2CCCCC12. The predicted molar refractivity (Wildman–Crippen MR) is 91.8 cm³/mol. The highest BCUT2D eigenvalue weighted by atomic mass is 79.9. The molecule has 0 aromatic carbocycles. The number of amides is 1. The Labute approximate surface area is 142 Å². The maximum absolute atomic E-state index is 12.5. The molecule has 3 nitrogen and oxygen atoms in total. The maximum Gasteiger partial charge on any atom is 0.226 e. The van der Waals surface area contributed by atoms with Gasteiger partial charge in [0.15, 0.2) is 0 Å². The fraction of sp³-hybridized carbons (Fsp3) is 0.833. The van der Waals surface area contributed by atoms with Crippen molar-refractivity contribution in [2.24, 2.45) is 11.8 Å². The van der Waals surface area contributed by atoms with Crippen molar-refractivity contribution in [1.29, 1.82) is 0 Å². The lowest BCUT2D eigenvalue weighted by Crippen LogP contribution is -2.61. The second-order valence-corrected chi connectivity index (χ2v) is 8.91. The summed E-state index contributed by atoms with van der Waals surface area (Å²) in [7, 11) is 0. The fourth-order valence-electron chi connectivity index (χ4n) is 5.05. The third-order valence-electron chi connectivity index (χ3n) is 6.26. The Hall–Kier alpha value is -0.350. The van der Waals surface area contributed by atoms with Crippen LogP contribution in [0.1, 0.15) is 57.8 Å². The van der Waals surface area contributed by atoms with Crippen LogP contribution in [-0.4, -0.2) is 34.4 Å². The van der Waals surface area contributed by atoms with Crippen molar-refractivity contribution in [3.8, 4) is 0 Å². The predicted octanol–water partition coefficient (Wildman–Crippen LogP) is 3.59. The Bertz CT molecular complexity index is 470. The second-order valence-electron chi connectivity index (χ2n) is 7.61. The number of allylic oxidation sites excluding steroid dienone is 1. The number of halogens is 1. The molecule has 2 heterocycles. The van der Waals surface area contributed by atoms with Crippen LogP contribution in [0.4, 0.5) is 0 Å². The Morgan fingerprint density at radius 1 is 1.09 bits per heavy atom. The van der Waals surface area contributed by atoms with Crippen LogP contribution in [0.2, 0.25) is 0 Å². The molecule has 4 rings (SSSR count). The highest BCUT2D eigenvalue weighted by molar-refractivity contribution is 9.09. The molecule has 3 unspecified atom stereocenters. The average molecular weight is 367 g/mol. The van der Waals surface area contributed by atoms with Crippen molar-refractivity contribution in [1.82, 2.24) is 10.2 Å². The van der Waals surface area contributed by atoms with Gasteiger partial charge < -0.3 is 5.32 Å². The zero-order chi connectivity index (χ0) is 15.1. The molecule has 0 aromatic heterocycles. The number of hydrogen-bond acceptors (Lipinski definition) is 2. The van der Waals surface area contributed by atoms with Gasteiger partial charge in [-0.3, -0.25) is 9.69 Å². The van der Waals surface area contributed by atoms with E-state index in [9.17, 15) is 4.79 Å².